The highest BCUT2D eigenvalue weighted by molar-refractivity contribution is 6.30. The summed E-state index contributed by atoms with van der Waals surface area (Å²) in [6, 6.07) is 9.57. The van der Waals surface area contributed by atoms with Crippen LogP contribution in [0, 0.1) is 11.3 Å². The summed E-state index contributed by atoms with van der Waals surface area (Å²) in [4.78, 5) is 21.8. The Labute approximate surface area is 188 Å². The second-order valence-electron chi connectivity index (χ2n) is 8.25. The molecule has 0 saturated carbocycles. The molecule has 6 nitrogen and oxygen atoms in total. The minimum atomic E-state index is -0.0330. The quantitative estimate of drug-likeness (QED) is 0.743. The molecule has 1 saturated heterocycles. The molecule has 1 aromatic heterocycles. The Morgan fingerprint density at radius 1 is 1.16 bits per heavy atom. The number of pyridine rings is 1. The zero-order valence-electron chi connectivity index (χ0n) is 18.0. The van der Waals surface area contributed by atoms with Gasteiger partial charge >= 0.3 is 0 Å². The van der Waals surface area contributed by atoms with E-state index in [1.54, 1.807) is 24.3 Å². The highest BCUT2D eigenvalue weighted by atomic mass is 35.5. The Hall–Kier alpha value is -2.62. The Bertz CT molecular complexity index is 991. The fraction of sp³-hybridized carbons (Fsp3) is 0.458. The number of hydrogen-bond acceptors (Lipinski definition) is 5. The lowest BCUT2D eigenvalue weighted by atomic mass is 10.0. The van der Waals surface area contributed by atoms with Crippen molar-refractivity contribution in [2.45, 2.75) is 39.0 Å². The highest BCUT2D eigenvalue weighted by Crippen LogP contribution is 2.33. The second-order valence-corrected chi connectivity index (χ2v) is 8.68. The first-order valence-corrected chi connectivity index (χ1v) is 11.4. The van der Waals surface area contributed by atoms with E-state index in [2.05, 4.69) is 28.1 Å². The molecule has 7 heteroatoms. The standard InChI is InChI=1S/C24H28ClN5O/c1-2-4-22-20-6-3-5-19(20)21(15-26)24(28-22)30-13-11-29(12-14-30)16-23(31)27-18-9-7-17(25)8-10-18/h7-10H,2-6,11-14,16H2,1H3,(H,27,31). The molecule has 1 aromatic carbocycles. The molecule has 162 valence electrons. The fourth-order valence-electron chi connectivity index (χ4n) is 4.57. The van der Waals surface area contributed by atoms with Crippen LogP contribution in [0.3, 0.4) is 0 Å². The van der Waals surface area contributed by atoms with Gasteiger partial charge in [0.2, 0.25) is 5.91 Å². The summed E-state index contributed by atoms with van der Waals surface area (Å²) in [5, 5.41) is 13.4. The molecule has 1 amide bonds. The van der Waals surface area contributed by atoms with E-state index >= 15 is 0 Å². The lowest BCUT2D eigenvalue weighted by Gasteiger charge is -2.36. The molecule has 1 fully saturated rings. The monoisotopic (exact) mass is 437 g/mol. The van der Waals surface area contributed by atoms with Gasteiger partial charge in [-0.25, -0.2) is 4.98 Å². The Balaban J connectivity index is 1.41. The maximum absolute atomic E-state index is 12.4. The molecule has 31 heavy (non-hydrogen) atoms. The van der Waals surface area contributed by atoms with Gasteiger partial charge in [0, 0.05) is 42.6 Å². The first kappa shape index (κ1) is 21.6. The second kappa shape index (κ2) is 9.67. The number of aryl methyl sites for hydroxylation is 1. The molecule has 0 atom stereocenters. The number of benzene rings is 1. The summed E-state index contributed by atoms with van der Waals surface area (Å²) < 4.78 is 0. The van der Waals surface area contributed by atoms with Crippen LogP contribution in [0.15, 0.2) is 24.3 Å². The summed E-state index contributed by atoms with van der Waals surface area (Å²) in [7, 11) is 0. The highest BCUT2D eigenvalue weighted by Gasteiger charge is 2.27. The molecule has 2 aromatic rings. The van der Waals surface area contributed by atoms with Crippen LogP contribution in [0.4, 0.5) is 11.5 Å². The largest absolute Gasteiger partial charge is 0.353 e. The maximum Gasteiger partial charge on any atom is 0.238 e. The van der Waals surface area contributed by atoms with Gasteiger partial charge in [0.25, 0.3) is 0 Å². The molecule has 0 radical (unpaired) electrons. The van der Waals surface area contributed by atoms with E-state index in [1.807, 2.05) is 0 Å². The van der Waals surface area contributed by atoms with Gasteiger partial charge in [-0.3, -0.25) is 9.69 Å². The van der Waals surface area contributed by atoms with Crippen LogP contribution < -0.4 is 10.2 Å². The smallest absolute Gasteiger partial charge is 0.238 e. The fourth-order valence-corrected chi connectivity index (χ4v) is 4.69. The van der Waals surface area contributed by atoms with Crippen LogP contribution >= 0.6 is 11.6 Å². The van der Waals surface area contributed by atoms with Gasteiger partial charge in [-0.05, 0) is 61.1 Å². The van der Waals surface area contributed by atoms with E-state index in [-0.39, 0.29) is 5.91 Å². The van der Waals surface area contributed by atoms with Crippen molar-refractivity contribution in [2.24, 2.45) is 0 Å². The number of nitriles is 1. The molecule has 2 aliphatic rings. The molecule has 0 bridgehead atoms. The number of fused-ring (bicyclic) bond motifs is 1. The van der Waals surface area contributed by atoms with Crippen LogP contribution in [0.1, 0.15) is 42.1 Å². The Morgan fingerprint density at radius 3 is 2.55 bits per heavy atom. The van der Waals surface area contributed by atoms with Crippen molar-refractivity contribution in [3.05, 3.63) is 51.7 Å². The van der Waals surface area contributed by atoms with E-state index in [0.717, 1.165) is 75.4 Å². The first-order valence-electron chi connectivity index (χ1n) is 11.1. The molecular weight excluding hydrogens is 410 g/mol. The SMILES string of the molecule is CCCc1nc(N2CCN(CC(=O)Nc3ccc(Cl)cc3)CC2)c(C#N)c2c1CCC2. The summed E-state index contributed by atoms with van der Waals surface area (Å²) in [6.45, 7) is 5.58. The van der Waals surface area contributed by atoms with Crippen LogP contribution in [0.2, 0.25) is 5.02 Å². The van der Waals surface area contributed by atoms with E-state index in [1.165, 1.54) is 16.8 Å². The van der Waals surface area contributed by atoms with Crippen molar-refractivity contribution in [1.29, 1.82) is 5.26 Å². The average molecular weight is 438 g/mol. The number of nitrogens with zero attached hydrogens (tertiary/aromatic N) is 4. The predicted octanol–water partition coefficient (Wildman–Crippen LogP) is 3.81. The lowest BCUT2D eigenvalue weighted by molar-refractivity contribution is -0.117. The number of carbonyl (C=O) groups excluding carboxylic acids is 1. The van der Waals surface area contributed by atoms with Gasteiger partial charge in [0.05, 0.1) is 12.1 Å². The van der Waals surface area contributed by atoms with Crippen molar-refractivity contribution < 1.29 is 4.79 Å². The number of anilines is 2. The van der Waals surface area contributed by atoms with Crippen LogP contribution in [-0.2, 0) is 24.1 Å². The number of nitrogens with one attached hydrogen (secondary N) is 1. The molecular formula is C24H28ClN5O. The third-order valence-corrected chi connectivity index (χ3v) is 6.35. The summed E-state index contributed by atoms with van der Waals surface area (Å²) >= 11 is 5.90. The minimum absolute atomic E-state index is 0.0330. The number of amides is 1. The lowest BCUT2D eigenvalue weighted by Crippen LogP contribution is -2.49. The molecule has 4 rings (SSSR count). The van der Waals surface area contributed by atoms with Gasteiger partial charge in [0.15, 0.2) is 0 Å². The summed E-state index contributed by atoms with van der Waals surface area (Å²) in [6.07, 6.45) is 5.16. The summed E-state index contributed by atoms with van der Waals surface area (Å²) in [5.41, 5.74) is 5.23. The van der Waals surface area contributed by atoms with Crippen molar-refractivity contribution in [3.8, 4) is 6.07 Å². The molecule has 0 unspecified atom stereocenters. The maximum atomic E-state index is 12.4. The normalized spacial score (nSPS) is 16.1. The number of piperazine rings is 1. The van der Waals surface area contributed by atoms with E-state index in [9.17, 15) is 10.1 Å². The van der Waals surface area contributed by atoms with Crippen LogP contribution in [0.5, 0.6) is 0 Å². The van der Waals surface area contributed by atoms with E-state index in [0.29, 0.717) is 11.6 Å². The number of rotatable bonds is 6. The van der Waals surface area contributed by atoms with Gasteiger partial charge < -0.3 is 10.2 Å². The first-order chi connectivity index (χ1) is 15.1. The Kier molecular flexibility index (Phi) is 6.74. The molecule has 0 spiro atoms. The van der Waals surface area contributed by atoms with Crippen LogP contribution in [0.25, 0.3) is 0 Å². The zero-order valence-corrected chi connectivity index (χ0v) is 18.7. The molecule has 1 aliphatic heterocycles. The molecule has 1 N–H and O–H groups in total. The van der Waals surface area contributed by atoms with Gasteiger partial charge in [0.1, 0.15) is 11.9 Å². The minimum Gasteiger partial charge on any atom is -0.353 e. The number of halogens is 1. The average Bonchev–Trinajstić information content (AvgIpc) is 3.26. The van der Waals surface area contributed by atoms with Gasteiger partial charge in [-0.15, -0.1) is 0 Å². The third kappa shape index (κ3) is 4.84. The number of carbonyl (C=O) groups is 1. The van der Waals surface area contributed by atoms with Crippen molar-refractivity contribution >= 4 is 29.0 Å². The molecule has 1 aliphatic carbocycles. The topological polar surface area (TPSA) is 72.3 Å². The molecule has 2 heterocycles. The van der Waals surface area contributed by atoms with Gasteiger partial charge in [-0.1, -0.05) is 24.9 Å². The summed E-state index contributed by atoms with van der Waals surface area (Å²) in [5.74, 6) is 0.811. The van der Waals surface area contributed by atoms with Crippen molar-refractivity contribution in [1.82, 2.24) is 9.88 Å². The van der Waals surface area contributed by atoms with E-state index in [4.69, 9.17) is 16.6 Å². The predicted molar refractivity (Wildman–Crippen MR) is 124 cm³/mol. The van der Waals surface area contributed by atoms with Gasteiger partial charge in [-0.2, -0.15) is 5.26 Å². The zero-order chi connectivity index (χ0) is 21.8. The number of hydrogen-bond donors (Lipinski definition) is 1. The number of aromatic nitrogens is 1. The third-order valence-electron chi connectivity index (χ3n) is 6.10. The van der Waals surface area contributed by atoms with E-state index < -0.39 is 0 Å². The van der Waals surface area contributed by atoms with Crippen molar-refractivity contribution in [3.63, 3.8) is 0 Å². The van der Waals surface area contributed by atoms with Crippen molar-refractivity contribution in [2.75, 3.05) is 42.9 Å². The van der Waals surface area contributed by atoms with Crippen LogP contribution in [-0.4, -0.2) is 48.5 Å². The Morgan fingerprint density at radius 2 is 1.87 bits per heavy atom.